The second kappa shape index (κ2) is 10.0. The van der Waals surface area contributed by atoms with Gasteiger partial charge in [-0.3, -0.25) is 0 Å². The number of rotatable bonds is 8. The Morgan fingerprint density at radius 3 is 2.62 bits per heavy atom. The molecule has 1 aromatic carbocycles. The van der Waals surface area contributed by atoms with Gasteiger partial charge in [-0.05, 0) is 44.4 Å². The first-order chi connectivity index (χ1) is 18.9. The molecule has 6 atom stereocenters. The van der Waals surface area contributed by atoms with Gasteiger partial charge >= 0.3 is 6.18 Å². The minimum atomic E-state index is -4.32. The summed E-state index contributed by atoms with van der Waals surface area (Å²) in [6.45, 7) is 3.46. The van der Waals surface area contributed by atoms with Crippen LogP contribution >= 0.6 is 11.8 Å². The van der Waals surface area contributed by atoms with Crippen molar-refractivity contribution in [2.45, 2.75) is 80.4 Å². The van der Waals surface area contributed by atoms with Gasteiger partial charge in [-0.15, -0.1) is 5.10 Å². The van der Waals surface area contributed by atoms with E-state index in [2.05, 4.69) is 25.6 Å². The Balaban J connectivity index is 1.31. The molecule has 0 spiro atoms. The van der Waals surface area contributed by atoms with Crippen LogP contribution in [0.15, 0.2) is 23.4 Å². The third-order valence-corrected chi connectivity index (χ3v) is 8.35. The minimum absolute atomic E-state index is 0.108. The van der Waals surface area contributed by atoms with Crippen LogP contribution < -0.4 is 5.32 Å². The Labute approximate surface area is 229 Å². The predicted molar refractivity (Wildman–Crippen MR) is 134 cm³/mol. The summed E-state index contributed by atoms with van der Waals surface area (Å²) in [7, 11) is 0. The van der Waals surface area contributed by atoms with E-state index in [0.29, 0.717) is 29.6 Å². The highest BCUT2D eigenvalue weighted by Gasteiger charge is 2.55. The number of benzene rings is 1. The molecule has 0 unspecified atom stereocenters. The molecule has 3 heterocycles. The zero-order chi connectivity index (χ0) is 28.4. The van der Waals surface area contributed by atoms with Gasteiger partial charge in [0, 0.05) is 30.2 Å². The molecule has 1 aliphatic heterocycles. The summed E-state index contributed by atoms with van der Waals surface area (Å²) in [5, 5.41) is 22.0. The Kier molecular flexibility index (Phi) is 6.91. The van der Waals surface area contributed by atoms with Crippen LogP contribution in [0.1, 0.15) is 50.6 Å². The molecular weight excluding hydrogens is 559 g/mol. The fraction of sp³-hybridized carbons (Fsp3) is 0.600. The average Bonchev–Trinajstić information content (AvgIpc) is 3.20. The quantitative estimate of drug-likeness (QED) is 0.223. The van der Waals surface area contributed by atoms with Gasteiger partial charge in [0.1, 0.15) is 6.10 Å². The largest absolute Gasteiger partial charge is 0.396 e. The fourth-order valence-corrected chi connectivity index (χ4v) is 6.40. The van der Waals surface area contributed by atoms with Gasteiger partial charge in [0.25, 0.3) is 0 Å². The maximum atomic E-state index is 13.8. The molecule has 3 fully saturated rings. The Morgan fingerprint density at radius 1 is 1.12 bits per heavy atom. The molecule has 40 heavy (non-hydrogen) atoms. The maximum absolute atomic E-state index is 13.8. The number of hydrogen-bond donors (Lipinski definition) is 2. The van der Waals surface area contributed by atoms with E-state index in [-0.39, 0.29) is 53.4 Å². The monoisotopic (exact) mass is 586 g/mol. The van der Waals surface area contributed by atoms with E-state index in [1.54, 1.807) is 18.5 Å². The zero-order valence-corrected chi connectivity index (χ0v) is 22.3. The first-order valence-electron chi connectivity index (χ1n) is 12.9. The lowest BCUT2D eigenvalue weighted by Gasteiger charge is -2.23. The smallest absolute Gasteiger partial charge is 0.389 e. The summed E-state index contributed by atoms with van der Waals surface area (Å²) in [5.74, 6) is -3.03. The topological polar surface area (TPSA) is 107 Å². The molecule has 2 saturated carbocycles. The lowest BCUT2D eigenvalue weighted by molar-refractivity contribution is -0.162. The van der Waals surface area contributed by atoms with Gasteiger partial charge in [0.05, 0.1) is 18.6 Å². The van der Waals surface area contributed by atoms with Crippen LogP contribution in [0.4, 0.5) is 27.8 Å². The van der Waals surface area contributed by atoms with Gasteiger partial charge in [-0.2, -0.15) is 13.2 Å². The van der Waals surface area contributed by atoms with Gasteiger partial charge in [0.2, 0.25) is 0 Å². The van der Waals surface area contributed by atoms with Crippen molar-refractivity contribution in [3.05, 3.63) is 35.4 Å². The van der Waals surface area contributed by atoms with Crippen molar-refractivity contribution in [1.29, 1.82) is 0 Å². The highest BCUT2D eigenvalue weighted by molar-refractivity contribution is 7.99. The number of halogens is 5. The standard InChI is InChI=1S/C25H27F5N6O3S/c1-24(2)38-19-12(10-37)8-17(20(19)39-24)36-22-18(34-35-36)21(32-23(33-22)40-6-5-25(28,29)30)31-16-9-13(16)11-3-4-14(26)15(27)7-11/h3-4,7,12-13,16-17,19-20,37H,5-6,8-10H2,1-2H3,(H,31,32,33)/t12-,13+,16-,17-,19-,20+/m1/s1. The SMILES string of the molecule is CC1(C)O[C@@H]2[C@@H](CO)C[C@@H](n3nnc4c(N[C@@H]5C[C@H]5c5ccc(F)c(F)c5)nc(SCCC(F)(F)F)nc43)[C@@H]2O1. The Bertz CT molecular complexity index is 1420. The summed E-state index contributed by atoms with van der Waals surface area (Å²) < 4.78 is 79.4. The second-order valence-electron chi connectivity index (χ2n) is 10.9. The number of aliphatic hydroxyl groups is 1. The molecule has 0 radical (unpaired) electrons. The molecule has 0 bridgehead atoms. The average molecular weight is 587 g/mol. The van der Waals surface area contributed by atoms with Crippen molar-refractivity contribution >= 4 is 28.7 Å². The molecule has 2 aliphatic carbocycles. The lowest BCUT2D eigenvalue weighted by atomic mass is 10.1. The van der Waals surface area contributed by atoms with Gasteiger partial charge in [-0.1, -0.05) is 23.0 Å². The van der Waals surface area contributed by atoms with Crippen LogP contribution in [-0.4, -0.2) is 72.6 Å². The molecule has 15 heteroatoms. The number of nitrogens with one attached hydrogen (secondary N) is 1. The molecule has 3 aliphatic rings. The number of aromatic nitrogens is 5. The molecule has 216 valence electrons. The van der Waals surface area contributed by atoms with Crippen LogP contribution in [0.25, 0.3) is 11.2 Å². The highest BCUT2D eigenvalue weighted by atomic mass is 32.2. The Morgan fingerprint density at radius 2 is 1.90 bits per heavy atom. The zero-order valence-electron chi connectivity index (χ0n) is 21.5. The summed E-state index contributed by atoms with van der Waals surface area (Å²) in [4.78, 5) is 8.97. The molecular formula is C25H27F5N6O3S. The van der Waals surface area contributed by atoms with Crippen molar-refractivity contribution in [2.24, 2.45) is 5.92 Å². The normalized spacial score (nSPS) is 29.2. The van der Waals surface area contributed by atoms with Crippen molar-refractivity contribution in [2.75, 3.05) is 17.7 Å². The van der Waals surface area contributed by atoms with Crippen molar-refractivity contribution in [1.82, 2.24) is 25.0 Å². The van der Waals surface area contributed by atoms with E-state index < -0.39 is 36.1 Å². The van der Waals surface area contributed by atoms with Crippen LogP contribution in [0.5, 0.6) is 0 Å². The van der Waals surface area contributed by atoms with Gasteiger partial charge < -0.3 is 19.9 Å². The number of ether oxygens (including phenoxy) is 2. The number of thioether (sulfide) groups is 1. The van der Waals surface area contributed by atoms with Crippen LogP contribution in [0, 0.1) is 17.6 Å². The lowest BCUT2D eigenvalue weighted by Crippen LogP contribution is -2.28. The molecule has 2 N–H and O–H groups in total. The predicted octanol–water partition coefficient (Wildman–Crippen LogP) is 4.59. The summed E-state index contributed by atoms with van der Waals surface area (Å²) in [6, 6.07) is 3.19. The third-order valence-electron chi connectivity index (χ3n) is 7.50. The van der Waals surface area contributed by atoms with Crippen molar-refractivity contribution < 1.29 is 36.5 Å². The molecule has 1 saturated heterocycles. The number of alkyl halides is 3. The Hall–Kier alpha value is -2.62. The van der Waals surface area contributed by atoms with Gasteiger partial charge in [0.15, 0.2) is 39.6 Å². The second-order valence-corrected chi connectivity index (χ2v) is 11.9. The molecule has 6 rings (SSSR count). The highest BCUT2D eigenvalue weighted by Crippen LogP contribution is 2.48. The number of anilines is 1. The fourth-order valence-electron chi connectivity index (χ4n) is 5.57. The maximum Gasteiger partial charge on any atom is 0.389 e. The van der Waals surface area contributed by atoms with E-state index in [1.165, 1.54) is 6.07 Å². The minimum Gasteiger partial charge on any atom is -0.396 e. The van der Waals surface area contributed by atoms with E-state index in [9.17, 15) is 27.1 Å². The van der Waals surface area contributed by atoms with Crippen LogP contribution in [0.3, 0.4) is 0 Å². The molecule has 3 aromatic rings. The van der Waals surface area contributed by atoms with E-state index >= 15 is 0 Å². The number of fused-ring (bicyclic) bond motifs is 2. The van der Waals surface area contributed by atoms with Crippen molar-refractivity contribution in [3.8, 4) is 0 Å². The molecule has 0 amide bonds. The van der Waals surface area contributed by atoms with E-state index in [1.807, 2.05) is 0 Å². The number of nitrogens with zero attached hydrogens (tertiary/aromatic N) is 5. The first-order valence-corrected chi connectivity index (χ1v) is 13.9. The van der Waals surface area contributed by atoms with Crippen LogP contribution in [0.2, 0.25) is 0 Å². The first kappa shape index (κ1) is 27.5. The molecule has 9 nitrogen and oxygen atoms in total. The summed E-state index contributed by atoms with van der Waals surface area (Å²) in [6.07, 6.45) is -5.04. The van der Waals surface area contributed by atoms with Crippen molar-refractivity contribution in [3.63, 3.8) is 0 Å². The number of aliphatic hydroxyl groups excluding tert-OH is 1. The van der Waals surface area contributed by atoms with E-state index in [4.69, 9.17) is 9.47 Å². The van der Waals surface area contributed by atoms with E-state index in [0.717, 1.165) is 23.9 Å². The number of hydrogen-bond acceptors (Lipinski definition) is 9. The summed E-state index contributed by atoms with van der Waals surface area (Å²) in [5.41, 5.74) is 1.25. The van der Waals surface area contributed by atoms with Gasteiger partial charge in [-0.25, -0.2) is 23.4 Å². The van der Waals surface area contributed by atoms with Crippen LogP contribution in [-0.2, 0) is 9.47 Å². The summed E-state index contributed by atoms with van der Waals surface area (Å²) >= 11 is 0.865. The third kappa shape index (κ3) is 5.35. The molecule has 2 aromatic heterocycles.